The Labute approximate surface area is 166 Å². The molecule has 3 rings (SSSR count). The predicted octanol–water partition coefficient (Wildman–Crippen LogP) is 4.89. The molecule has 0 saturated carbocycles. The molecule has 1 atom stereocenters. The molecule has 4 nitrogen and oxygen atoms in total. The lowest BCUT2D eigenvalue weighted by Crippen LogP contribution is -2.48. The quantitative estimate of drug-likeness (QED) is 0.612. The van der Waals surface area contributed by atoms with Crippen LogP contribution in [-0.2, 0) is 24.5 Å². The van der Waals surface area contributed by atoms with Crippen molar-refractivity contribution in [2.24, 2.45) is 5.92 Å². The number of esters is 2. The summed E-state index contributed by atoms with van der Waals surface area (Å²) >= 11 is 0. The Kier molecular flexibility index (Phi) is 6.18. The molecule has 0 heterocycles. The number of hydrogen-bond acceptors (Lipinski definition) is 4. The summed E-state index contributed by atoms with van der Waals surface area (Å²) < 4.78 is 11.0. The first kappa shape index (κ1) is 20.1. The minimum absolute atomic E-state index is 0.258. The van der Waals surface area contributed by atoms with E-state index in [0.29, 0.717) is 6.42 Å². The van der Waals surface area contributed by atoms with Gasteiger partial charge in [0.15, 0.2) is 0 Å². The number of unbranched alkanes of at least 4 members (excludes halogenated alkanes) is 1. The van der Waals surface area contributed by atoms with Crippen LogP contribution in [0.15, 0.2) is 48.5 Å². The van der Waals surface area contributed by atoms with E-state index in [-0.39, 0.29) is 25.2 Å². The third-order valence-corrected chi connectivity index (χ3v) is 5.53. The lowest BCUT2D eigenvalue weighted by molar-refractivity contribution is -0.161. The van der Waals surface area contributed by atoms with E-state index in [9.17, 15) is 9.59 Å². The van der Waals surface area contributed by atoms with Crippen molar-refractivity contribution < 1.29 is 19.1 Å². The molecule has 0 bridgehead atoms. The fraction of sp³-hybridized carbons (Fsp3) is 0.417. The van der Waals surface area contributed by atoms with Gasteiger partial charge in [0.2, 0.25) is 0 Å². The van der Waals surface area contributed by atoms with Crippen molar-refractivity contribution >= 4 is 11.9 Å². The fourth-order valence-electron chi connectivity index (χ4n) is 4.41. The summed E-state index contributed by atoms with van der Waals surface area (Å²) in [6.07, 6.45) is 2.32. The molecule has 1 aliphatic carbocycles. The Hall–Kier alpha value is -2.62. The standard InChI is InChI=1S/C24H28O4/c1-4-7-14-21(22(25)27-5-2)24(23(26)28-6-3)19-15-10-8-12-17(19)18-13-9-11-16-20(18)24/h8-13,15-16,21H,4-7,14H2,1-3H3. The molecule has 4 heteroatoms. The average Bonchev–Trinajstić information content (AvgIpc) is 3.01. The van der Waals surface area contributed by atoms with Gasteiger partial charge in [-0.3, -0.25) is 9.59 Å². The molecular formula is C24H28O4. The number of benzene rings is 2. The number of carbonyl (C=O) groups excluding carboxylic acids is 2. The van der Waals surface area contributed by atoms with Gasteiger partial charge in [-0.05, 0) is 42.5 Å². The molecule has 1 unspecified atom stereocenters. The maximum absolute atomic E-state index is 13.6. The first-order chi connectivity index (χ1) is 13.6. The van der Waals surface area contributed by atoms with Gasteiger partial charge in [-0.15, -0.1) is 0 Å². The van der Waals surface area contributed by atoms with E-state index in [1.807, 2.05) is 48.5 Å². The largest absolute Gasteiger partial charge is 0.466 e. The first-order valence-corrected chi connectivity index (χ1v) is 10.2. The highest BCUT2D eigenvalue weighted by atomic mass is 16.5. The Morgan fingerprint density at radius 3 is 1.89 bits per heavy atom. The van der Waals surface area contributed by atoms with Crippen molar-refractivity contribution in [3.63, 3.8) is 0 Å². The van der Waals surface area contributed by atoms with Gasteiger partial charge >= 0.3 is 11.9 Å². The van der Waals surface area contributed by atoms with Crippen LogP contribution in [0.3, 0.4) is 0 Å². The smallest absolute Gasteiger partial charge is 0.322 e. The normalized spacial score (nSPS) is 14.7. The van der Waals surface area contributed by atoms with Crippen LogP contribution >= 0.6 is 0 Å². The van der Waals surface area contributed by atoms with E-state index in [2.05, 4.69) is 6.92 Å². The highest BCUT2D eigenvalue weighted by Gasteiger charge is 2.58. The molecule has 0 radical (unpaired) electrons. The molecular weight excluding hydrogens is 352 g/mol. The number of hydrogen-bond donors (Lipinski definition) is 0. The monoisotopic (exact) mass is 380 g/mol. The lowest BCUT2D eigenvalue weighted by Gasteiger charge is -2.36. The molecule has 0 spiro atoms. The molecule has 2 aromatic carbocycles. The van der Waals surface area contributed by atoms with Crippen LogP contribution in [0.1, 0.15) is 51.2 Å². The summed E-state index contributed by atoms with van der Waals surface area (Å²) in [7, 11) is 0. The number of carbonyl (C=O) groups is 2. The SMILES string of the molecule is CCCCC(C(=O)OCC)C1(C(=O)OCC)c2ccccc2-c2ccccc21. The van der Waals surface area contributed by atoms with Crippen LogP contribution in [0.2, 0.25) is 0 Å². The van der Waals surface area contributed by atoms with Crippen molar-refractivity contribution in [2.75, 3.05) is 13.2 Å². The van der Waals surface area contributed by atoms with E-state index in [1.165, 1.54) is 0 Å². The van der Waals surface area contributed by atoms with Crippen LogP contribution in [0.5, 0.6) is 0 Å². The molecule has 0 fully saturated rings. The van der Waals surface area contributed by atoms with E-state index in [4.69, 9.17) is 9.47 Å². The summed E-state index contributed by atoms with van der Waals surface area (Å²) in [6.45, 7) is 6.21. The summed E-state index contributed by atoms with van der Waals surface area (Å²) in [5.41, 5.74) is 2.46. The van der Waals surface area contributed by atoms with Gasteiger partial charge in [-0.2, -0.15) is 0 Å². The highest BCUT2D eigenvalue weighted by molar-refractivity contribution is 6.02. The van der Waals surface area contributed by atoms with E-state index >= 15 is 0 Å². The average molecular weight is 380 g/mol. The molecule has 1 aliphatic rings. The van der Waals surface area contributed by atoms with Gasteiger partial charge in [0.05, 0.1) is 19.1 Å². The van der Waals surface area contributed by atoms with Crippen molar-refractivity contribution in [3.05, 3.63) is 59.7 Å². The maximum atomic E-state index is 13.6. The summed E-state index contributed by atoms with van der Waals surface area (Å²) in [5, 5.41) is 0. The van der Waals surface area contributed by atoms with E-state index < -0.39 is 11.3 Å². The fourth-order valence-corrected chi connectivity index (χ4v) is 4.41. The molecule has 0 N–H and O–H groups in total. The molecule has 28 heavy (non-hydrogen) atoms. The van der Waals surface area contributed by atoms with Crippen molar-refractivity contribution in [1.82, 2.24) is 0 Å². The molecule has 0 aliphatic heterocycles. The highest BCUT2D eigenvalue weighted by Crippen LogP contribution is 2.54. The summed E-state index contributed by atoms with van der Waals surface area (Å²) in [4.78, 5) is 26.7. The molecule has 148 valence electrons. The predicted molar refractivity (Wildman–Crippen MR) is 109 cm³/mol. The Morgan fingerprint density at radius 2 is 1.39 bits per heavy atom. The Balaban J connectivity index is 2.31. The van der Waals surface area contributed by atoms with Gasteiger partial charge < -0.3 is 9.47 Å². The van der Waals surface area contributed by atoms with Gasteiger partial charge in [0, 0.05) is 0 Å². The van der Waals surface area contributed by atoms with Gasteiger partial charge in [-0.25, -0.2) is 0 Å². The van der Waals surface area contributed by atoms with Crippen LogP contribution in [0.4, 0.5) is 0 Å². The second-order valence-corrected chi connectivity index (χ2v) is 7.07. The van der Waals surface area contributed by atoms with Crippen LogP contribution < -0.4 is 0 Å². The second kappa shape index (κ2) is 8.59. The third-order valence-electron chi connectivity index (χ3n) is 5.53. The zero-order valence-corrected chi connectivity index (χ0v) is 16.9. The third kappa shape index (κ3) is 3.11. The van der Waals surface area contributed by atoms with E-state index in [0.717, 1.165) is 35.1 Å². The molecule has 0 aromatic heterocycles. The number of fused-ring (bicyclic) bond motifs is 3. The Bertz CT molecular complexity index is 810. The summed E-state index contributed by atoms with van der Waals surface area (Å²) in [5.74, 6) is -1.34. The number of rotatable bonds is 8. The zero-order valence-electron chi connectivity index (χ0n) is 16.9. The topological polar surface area (TPSA) is 52.6 Å². The van der Waals surface area contributed by atoms with Gasteiger partial charge in [0.25, 0.3) is 0 Å². The van der Waals surface area contributed by atoms with Crippen molar-refractivity contribution in [1.29, 1.82) is 0 Å². The van der Waals surface area contributed by atoms with Gasteiger partial charge in [0.1, 0.15) is 5.41 Å². The van der Waals surface area contributed by atoms with Crippen LogP contribution in [0.25, 0.3) is 11.1 Å². The Morgan fingerprint density at radius 1 is 0.857 bits per heavy atom. The minimum Gasteiger partial charge on any atom is -0.466 e. The number of ether oxygens (including phenoxy) is 2. The van der Waals surface area contributed by atoms with Gasteiger partial charge in [-0.1, -0.05) is 68.3 Å². The minimum atomic E-state index is -1.18. The van der Waals surface area contributed by atoms with Crippen LogP contribution in [-0.4, -0.2) is 25.2 Å². The molecule has 0 amide bonds. The zero-order chi connectivity index (χ0) is 20.1. The lowest BCUT2D eigenvalue weighted by atomic mass is 9.66. The van der Waals surface area contributed by atoms with Crippen molar-refractivity contribution in [3.8, 4) is 11.1 Å². The molecule has 2 aromatic rings. The first-order valence-electron chi connectivity index (χ1n) is 10.2. The second-order valence-electron chi connectivity index (χ2n) is 7.07. The van der Waals surface area contributed by atoms with E-state index in [1.54, 1.807) is 13.8 Å². The maximum Gasteiger partial charge on any atom is 0.322 e. The van der Waals surface area contributed by atoms with Crippen LogP contribution in [0, 0.1) is 5.92 Å². The molecule has 0 saturated heterocycles. The van der Waals surface area contributed by atoms with Crippen molar-refractivity contribution in [2.45, 2.75) is 45.4 Å². The summed E-state index contributed by atoms with van der Waals surface area (Å²) in [6, 6.07) is 15.7.